The van der Waals surface area contributed by atoms with Crippen molar-refractivity contribution in [3.8, 4) is 11.3 Å². The van der Waals surface area contributed by atoms with E-state index in [1.165, 1.54) is 18.2 Å². The van der Waals surface area contributed by atoms with Gasteiger partial charge >= 0.3 is 0 Å². The highest BCUT2D eigenvalue weighted by Crippen LogP contribution is 2.45. The summed E-state index contributed by atoms with van der Waals surface area (Å²) in [5.74, 6) is -1.64. The lowest BCUT2D eigenvalue weighted by Gasteiger charge is -2.36. The fourth-order valence-electron chi connectivity index (χ4n) is 4.02. The number of aromatic nitrogens is 1. The van der Waals surface area contributed by atoms with Gasteiger partial charge in [-0.2, -0.15) is 0 Å². The molecule has 0 atom stereocenters. The minimum Gasteiger partial charge on any atom is -0.353 e. The number of nitrogens with one attached hydrogen (secondary N) is 3. The molecule has 3 N–H and O–H groups in total. The van der Waals surface area contributed by atoms with Crippen LogP contribution in [0, 0.1) is 17.5 Å². The number of rotatable bonds is 6. The fraction of sp³-hybridized carbons (Fsp3) is 0.318. The maximum Gasteiger partial charge on any atom is 0.221 e. The van der Waals surface area contributed by atoms with Crippen LogP contribution in [0.5, 0.6) is 0 Å². The molecular weight excluding hydrogens is 379 g/mol. The Morgan fingerprint density at radius 3 is 2.52 bits per heavy atom. The van der Waals surface area contributed by atoms with E-state index in [9.17, 15) is 18.0 Å². The standard InChI is InChI=1S/C22H22F3N3O/c1-26-7-6-19(29)27-16-8-13(9-16)20-17-10-15(24)11-18(25)22(17)28-21(20)12-2-4-14(23)5-3-12/h2-5,10-11,13,16,26,28H,6-9H2,1H3,(H,27,29)/t13-,16+. The third-order valence-corrected chi connectivity index (χ3v) is 5.51. The first-order chi connectivity index (χ1) is 14.0. The van der Waals surface area contributed by atoms with Gasteiger partial charge in [0.1, 0.15) is 17.5 Å². The van der Waals surface area contributed by atoms with Crippen molar-refractivity contribution in [3.63, 3.8) is 0 Å². The number of fused-ring (bicyclic) bond motifs is 1. The van der Waals surface area contributed by atoms with Crippen molar-refractivity contribution in [2.24, 2.45) is 0 Å². The van der Waals surface area contributed by atoms with Gasteiger partial charge in [-0.15, -0.1) is 0 Å². The minimum atomic E-state index is -0.661. The first kappa shape index (κ1) is 19.5. The van der Waals surface area contributed by atoms with Gasteiger partial charge in [0.2, 0.25) is 5.91 Å². The molecule has 29 heavy (non-hydrogen) atoms. The summed E-state index contributed by atoms with van der Waals surface area (Å²) in [7, 11) is 1.79. The van der Waals surface area contributed by atoms with E-state index >= 15 is 0 Å². The zero-order chi connectivity index (χ0) is 20.5. The van der Waals surface area contributed by atoms with Gasteiger partial charge in [-0.3, -0.25) is 4.79 Å². The number of aromatic amines is 1. The van der Waals surface area contributed by atoms with Crippen LogP contribution in [0.3, 0.4) is 0 Å². The number of H-pyrrole nitrogens is 1. The maximum absolute atomic E-state index is 14.4. The molecule has 0 saturated heterocycles. The van der Waals surface area contributed by atoms with Crippen LogP contribution in [0.1, 0.15) is 30.7 Å². The van der Waals surface area contributed by atoms with Crippen molar-refractivity contribution in [2.45, 2.75) is 31.2 Å². The summed E-state index contributed by atoms with van der Waals surface area (Å²) in [6, 6.07) is 8.13. The van der Waals surface area contributed by atoms with E-state index in [2.05, 4.69) is 15.6 Å². The second kappa shape index (κ2) is 7.91. The van der Waals surface area contributed by atoms with Gasteiger partial charge in [-0.1, -0.05) is 0 Å². The van der Waals surface area contributed by atoms with Crippen molar-refractivity contribution in [2.75, 3.05) is 13.6 Å². The van der Waals surface area contributed by atoms with E-state index in [-0.39, 0.29) is 29.2 Å². The molecule has 0 spiro atoms. The second-order valence-electron chi connectivity index (χ2n) is 7.52. The number of halogens is 3. The minimum absolute atomic E-state index is 0.0161. The summed E-state index contributed by atoms with van der Waals surface area (Å²) in [4.78, 5) is 15.0. The van der Waals surface area contributed by atoms with Gasteiger partial charge in [0.15, 0.2) is 0 Å². The van der Waals surface area contributed by atoms with Crippen LogP contribution in [0.25, 0.3) is 22.2 Å². The van der Waals surface area contributed by atoms with Crippen LogP contribution in [0.15, 0.2) is 36.4 Å². The smallest absolute Gasteiger partial charge is 0.221 e. The highest BCUT2D eigenvalue weighted by molar-refractivity contribution is 5.92. The van der Waals surface area contributed by atoms with E-state index in [1.54, 1.807) is 19.2 Å². The molecule has 2 aromatic carbocycles. The number of benzene rings is 2. The van der Waals surface area contributed by atoms with Crippen molar-refractivity contribution < 1.29 is 18.0 Å². The Balaban J connectivity index is 1.65. The summed E-state index contributed by atoms with van der Waals surface area (Å²) in [5, 5.41) is 6.42. The molecule has 1 saturated carbocycles. The summed E-state index contributed by atoms with van der Waals surface area (Å²) in [5.41, 5.74) is 2.42. The molecule has 0 radical (unpaired) electrons. The monoisotopic (exact) mass is 401 g/mol. The summed E-state index contributed by atoms with van der Waals surface area (Å²) >= 11 is 0. The molecule has 3 aromatic rings. The predicted octanol–water partition coefficient (Wildman–Crippen LogP) is 4.22. The number of amides is 1. The average molecular weight is 401 g/mol. The number of carbonyl (C=O) groups excluding carboxylic acids is 1. The summed E-state index contributed by atoms with van der Waals surface area (Å²) in [6.45, 7) is 0.609. The van der Waals surface area contributed by atoms with Gasteiger partial charge < -0.3 is 15.6 Å². The summed E-state index contributed by atoms with van der Waals surface area (Å²) < 4.78 is 41.7. The Morgan fingerprint density at radius 2 is 1.83 bits per heavy atom. The van der Waals surface area contributed by atoms with E-state index in [1.807, 2.05) is 0 Å². The molecule has 1 aromatic heterocycles. The molecule has 4 rings (SSSR count). The Bertz CT molecular complexity index is 1040. The Morgan fingerprint density at radius 1 is 1.10 bits per heavy atom. The third-order valence-electron chi connectivity index (χ3n) is 5.51. The first-order valence-corrected chi connectivity index (χ1v) is 9.66. The summed E-state index contributed by atoms with van der Waals surface area (Å²) in [6.07, 6.45) is 1.77. The predicted molar refractivity (Wildman–Crippen MR) is 106 cm³/mol. The molecule has 1 amide bonds. The highest BCUT2D eigenvalue weighted by atomic mass is 19.1. The van der Waals surface area contributed by atoms with Gasteiger partial charge in [-0.05, 0) is 67.3 Å². The van der Waals surface area contributed by atoms with Gasteiger partial charge in [0, 0.05) is 30.5 Å². The molecular formula is C22H22F3N3O. The van der Waals surface area contributed by atoms with Crippen molar-refractivity contribution >= 4 is 16.8 Å². The molecule has 7 heteroatoms. The van der Waals surface area contributed by atoms with E-state index in [0.29, 0.717) is 42.5 Å². The van der Waals surface area contributed by atoms with E-state index in [4.69, 9.17) is 0 Å². The lowest BCUT2D eigenvalue weighted by molar-refractivity contribution is -0.122. The molecule has 0 aliphatic heterocycles. The van der Waals surface area contributed by atoms with Crippen LogP contribution in [-0.4, -0.2) is 30.5 Å². The Labute approximate surface area is 166 Å². The van der Waals surface area contributed by atoms with E-state index < -0.39 is 11.6 Å². The quantitative estimate of drug-likeness (QED) is 0.579. The number of hydrogen-bond acceptors (Lipinski definition) is 2. The van der Waals surface area contributed by atoms with Crippen molar-refractivity contribution in [1.29, 1.82) is 0 Å². The molecule has 4 nitrogen and oxygen atoms in total. The Kier molecular flexibility index (Phi) is 5.32. The molecule has 0 bridgehead atoms. The zero-order valence-electron chi connectivity index (χ0n) is 16.0. The fourth-order valence-corrected chi connectivity index (χ4v) is 4.02. The topological polar surface area (TPSA) is 56.9 Å². The lowest BCUT2D eigenvalue weighted by atomic mass is 9.74. The van der Waals surface area contributed by atoms with Crippen LogP contribution < -0.4 is 10.6 Å². The molecule has 1 heterocycles. The largest absolute Gasteiger partial charge is 0.353 e. The lowest BCUT2D eigenvalue weighted by Crippen LogP contribution is -2.44. The second-order valence-corrected chi connectivity index (χ2v) is 7.52. The van der Waals surface area contributed by atoms with Gasteiger partial charge in [0.25, 0.3) is 0 Å². The number of hydrogen-bond donors (Lipinski definition) is 3. The molecule has 1 fully saturated rings. The van der Waals surface area contributed by atoms with Crippen LogP contribution >= 0.6 is 0 Å². The third kappa shape index (κ3) is 3.87. The molecule has 1 aliphatic rings. The normalized spacial score (nSPS) is 18.6. The molecule has 1 aliphatic carbocycles. The average Bonchev–Trinajstić information content (AvgIpc) is 3.02. The molecule has 0 unspecified atom stereocenters. The SMILES string of the molecule is CNCCC(=O)N[C@H]1C[C@@H](c2c(-c3ccc(F)cc3)[nH]c3c(F)cc(F)cc32)C1. The van der Waals surface area contributed by atoms with Crippen molar-refractivity contribution in [1.82, 2.24) is 15.6 Å². The van der Waals surface area contributed by atoms with E-state index in [0.717, 1.165) is 11.6 Å². The zero-order valence-corrected chi connectivity index (χ0v) is 16.0. The first-order valence-electron chi connectivity index (χ1n) is 9.66. The van der Waals surface area contributed by atoms with Crippen LogP contribution in [0.2, 0.25) is 0 Å². The highest BCUT2D eigenvalue weighted by Gasteiger charge is 2.35. The van der Waals surface area contributed by atoms with Gasteiger partial charge in [-0.25, -0.2) is 13.2 Å². The van der Waals surface area contributed by atoms with Crippen LogP contribution in [0.4, 0.5) is 13.2 Å². The maximum atomic E-state index is 14.4. The van der Waals surface area contributed by atoms with Crippen LogP contribution in [-0.2, 0) is 4.79 Å². The molecule has 152 valence electrons. The Hall–Kier alpha value is -2.80. The number of carbonyl (C=O) groups is 1. The van der Waals surface area contributed by atoms with Crippen molar-refractivity contribution in [3.05, 3.63) is 59.4 Å². The van der Waals surface area contributed by atoms with Gasteiger partial charge in [0.05, 0.1) is 11.2 Å².